The van der Waals surface area contributed by atoms with Crippen molar-refractivity contribution in [1.82, 2.24) is 9.80 Å². The fraction of sp³-hybridized carbons (Fsp3) is 0.526. The average Bonchev–Trinajstić information content (AvgIpc) is 2.61. The van der Waals surface area contributed by atoms with Crippen LogP contribution < -0.4 is 0 Å². The third-order valence-electron chi connectivity index (χ3n) is 4.95. The van der Waals surface area contributed by atoms with Crippen molar-refractivity contribution in [2.75, 3.05) is 26.7 Å². The van der Waals surface area contributed by atoms with Gasteiger partial charge in [-0.3, -0.25) is 14.4 Å². The average molecular weight is 346 g/mol. The number of piperidine rings is 1. The summed E-state index contributed by atoms with van der Waals surface area (Å²) < 4.78 is 0. The van der Waals surface area contributed by atoms with Crippen molar-refractivity contribution in [1.29, 1.82) is 0 Å². The van der Waals surface area contributed by atoms with Crippen LogP contribution in [0.25, 0.3) is 0 Å². The lowest BCUT2D eigenvalue weighted by atomic mass is 9.83. The third-order valence-corrected chi connectivity index (χ3v) is 4.95. The summed E-state index contributed by atoms with van der Waals surface area (Å²) in [6, 6.07) is 9.50. The largest absolute Gasteiger partial charge is 0.481 e. The molecule has 0 atom stereocenters. The van der Waals surface area contributed by atoms with Crippen molar-refractivity contribution in [2.24, 2.45) is 5.92 Å². The van der Waals surface area contributed by atoms with Crippen LogP contribution in [0.5, 0.6) is 0 Å². The minimum Gasteiger partial charge on any atom is -0.481 e. The van der Waals surface area contributed by atoms with Crippen LogP contribution in [0.2, 0.25) is 0 Å². The molecule has 1 aliphatic rings. The van der Waals surface area contributed by atoms with Crippen molar-refractivity contribution in [3.05, 3.63) is 35.9 Å². The Morgan fingerprint density at radius 3 is 2.24 bits per heavy atom. The van der Waals surface area contributed by atoms with Gasteiger partial charge in [0.05, 0.1) is 17.9 Å². The molecule has 136 valence electrons. The SMILES string of the molecule is CN(CC(=O)N1CCC(C(=O)O)CC1)C(=O)C(C)(C)c1ccccc1. The number of amides is 2. The van der Waals surface area contributed by atoms with E-state index in [-0.39, 0.29) is 24.3 Å². The number of hydrogen-bond acceptors (Lipinski definition) is 3. The van der Waals surface area contributed by atoms with Crippen LogP contribution >= 0.6 is 0 Å². The quantitative estimate of drug-likeness (QED) is 0.881. The predicted molar refractivity (Wildman–Crippen MR) is 94.0 cm³/mol. The van der Waals surface area contributed by atoms with Crippen LogP contribution in [0.3, 0.4) is 0 Å². The Bertz CT molecular complexity index is 634. The molecule has 1 saturated heterocycles. The molecule has 1 aliphatic heterocycles. The van der Waals surface area contributed by atoms with E-state index in [0.29, 0.717) is 25.9 Å². The Labute approximate surface area is 148 Å². The molecule has 0 aliphatic carbocycles. The van der Waals surface area contributed by atoms with Crippen LogP contribution in [-0.2, 0) is 19.8 Å². The topological polar surface area (TPSA) is 77.9 Å². The zero-order valence-electron chi connectivity index (χ0n) is 15.1. The number of hydrogen-bond donors (Lipinski definition) is 1. The van der Waals surface area contributed by atoms with E-state index in [1.165, 1.54) is 4.90 Å². The highest BCUT2D eigenvalue weighted by Crippen LogP contribution is 2.25. The Balaban J connectivity index is 1.95. The molecule has 6 nitrogen and oxygen atoms in total. The van der Waals surface area contributed by atoms with Crippen LogP contribution in [0, 0.1) is 5.92 Å². The summed E-state index contributed by atoms with van der Waals surface area (Å²) >= 11 is 0. The maximum Gasteiger partial charge on any atom is 0.306 e. The van der Waals surface area contributed by atoms with Crippen LogP contribution in [0.4, 0.5) is 0 Å². The zero-order chi connectivity index (χ0) is 18.6. The number of likely N-dealkylation sites (N-methyl/N-ethyl adjacent to an activating group) is 1. The Morgan fingerprint density at radius 2 is 1.72 bits per heavy atom. The minimum atomic E-state index is -0.802. The van der Waals surface area contributed by atoms with Gasteiger partial charge in [0, 0.05) is 20.1 Å². The number of carbonyl (C=O) groups is 3. The van der Waals surface area contributed by atoms with E-state index in [9.17, 15) is 14.4 Å². The Morgan fingerprint density at radius 1 is 1.16 bits per heavy atom. The maximum absolute atomic E-state index is 12.8. The van der Waals surface area contributed by atoms with Crippen molar-refractivity contribution in [3.63, 3.8) is 0 Å². The van der Waals surface area contributed by atoms with Crippen molar-refractivity contribution >= 4 is 17.8 Å². The molecule has 1 fully saturated rings. The first kappa shape index (κ1) is 19.0. The first-order valence-corrected chi connectivity index (χ1v) is 8.55. The van der Waals surface area contributed by atoms with Gasteiger partial charge >= 0.3 is 5.97 Å². The van der Waals surface area contributed by atoms with Gasteiger partial charge in [-0.05, 0) is 32.3 Å². The fourth-order valence-electron chi connectivity index (χ4n) is 3.21. The molecule has 1 heterocycles. The van der Waals surface area contributed by atoms with Crippen molar-refractivity contribution in [2.45, 2.75) is 32.1 Å². The van der Waals surface area contributed by atoms with Gasteiger partial charge in [0.15, 0.2) is 0 Å². The molecule has 0 radical (unpaired) electrons. The number of aliphatic carboxylic acids is 1. The molecule has 1 aromatic carbocycles. The summed E-state index contributed by atoms with van der Waals surface area (Å²) in [6.07, 6.45) is 0.933. The lowest BCUT2D eigenvalue weighted by Crippen LogP contribution is -2.48. The molecule has 1 aromatic rings. The van der Waals surface area contributed by atoms with Gasteiger partial charge in [0.25, 0.3) is 0 Å². The van der Waals surface area contributed by atoms with Gasteiger partial charge in [0.1, 0.15) is 0 Å². The highest BCUT2D eigenvalue weighted by atomic mass is 16.4. The number of nitrogens with zero attached hydrogens (tertiary/aromatic N) is 2. The van der Waals surface area contributed by atoms with E-state index in [1.54, 1.807) is 11.9 Å². The van der Waals surface area contributed by atoms with E-state index in [2.05, 4.69) is 0 Å². The standard InChI is InChI=1S/C19H26N2O4/c1-19(2,15-7-5-4-6-8-15)18(25)20(3)13-16(22)21-11-9-14(10-12-21)17(23)24/h4-8,14H,9-13H2,1-3H3,(H,23,24). The number of rotatable bonds is 5. The Hall–Kier alpha value is -2.37. The highest BCUT2D eigenvalue weighted by Gasteiger charge is 2.34. The molecule has 6 heteroatoms. The number of likely N-dealkylation sites (tertiary alicyclic amines) is 1. The van der Waals surface area contributed by atoms with Gasteiger partial charge in [-0.25, -0.2) is 0 Å². The lowest BCUT2D eigenvalue weighted by Gasteiger charge is -2.33. The van der Waals surface area contributed by atoms with E-state index in [1.807, 2.05) is 44.2 Å². The molecule has 2 amide bonds. The third kappa shape index (κ3) is 4.38. The van der Waals surface area contributed by atoms with Crippen molar-refractivity contribution in [3.8, 4) is 0 Å². The van der Waals surface area contributed by atoms with Gasteiger partial charge in [-0.2, -0.15) is 0 Å². The molecule has 25 heavy (non-hydrogen) atoms. The smallest absolute Gasteiger partial charge is 0.306 e. The molecular weight excluding hydrogens is 320 g/mol. The fourth-order valence-corrected chi connectivity index (χ4v) is 3.21. The molecule has 0 bridgehead atoms. The summed E-state index contributed by atoms with van der Waals surface area (Å²) in [4.78, 5) is 39.3. The first-order chi connectivity index (χ1) is 11.7. The van der Waals surface area contributed by atoms with Gasteiger partial charge in [0.2, 0.25) is 11.8 Å². The van der Waals surface area contributed by atoms with Gasteiger partial charge < -0.3 is 14.9 Å². The lowest BCUT2D eigenvalue weighted by molar-refractivity contribution is -0.147. The number of benzene rings is 1. The summed E-state index contributed by atoms with van der Waals surface area (Å²) in [5.74, 6) is -1.43. The van der Waals surface area contributed by atoms with Crippen molar-refractivity contribution < 1.29 is 19.5 Å². The monoisotopic (exact) mass is 346 g/mol. The molecule has 0 saturated carbocycles. The minimum absolute atomic E-state index is 0.00678. The summed E-state index contributed by atoms with van der Waals surface area (Å²) in [6.45, 7) is 4.57. The van der Waals surface area contributed by atoms with Gasteiger partial charge in [-0.1, -0.05) is 30.3 Å². The number of carbonyl (C=O) groups excluding carboxylic acids is 2. The van der Waals surface area contributed by atoms with Crippen LogP contribution in [-0.4, -0.2) is 59.4 Å². The second-order valence-corrected chi connectivity index (χ2v) is 7.15. The van der Waals surface area contributed by atoms with E-state index < -0.39 is 11.4 Å². The summed E-state index contributed by atoms with van der Waals surface area (Å²) in [7, 11) is 1.63. The van der Waals surface area contributed by atoms with Crippen LogP contribution in [0.1, 0.15) is 32.3 Å². The normalized spacial score (nSPS) is 15.7. The highest BCUT2D eigenvalue weighted by molar-refractivity contribution is 5.91. The van der Waals surface area contributed by atoms with E-state index in [4.69, 9.17) is 5.11 Å². The van der Waals surface area contributed by atoms with E-state index in [0.717, 1.165) is 5.56 Å². The molecule has 2 rings (SSSR count). The molecule has 0 spiro atoms. The summed E-state index contributed by atoms with van der Waals surface area (Å²) in [5.41, 5.74) is 0.189. The predicted octanol–water partition coefficient (Wildman–Crippen LogP) is 1.75. The molecule has 1 N–H and O–H groups in total. The second-order valence-electron chi connectivity index (χ2n) is 7.15. The number of carboxylic acid groups (broad SMARTS) is 1. The molecule has 0 unspecified atom stereocenters. The summed E-state index contributed by atoms with van der Waals surface area (Å²) in [5, 5.41) is 9.02. The van der Waals surface area contributed by atoms with Gasteiger partial charge in [-0.15, -0.1) is 0 Å². The second kappa shape index (κ2) is 7.68. The van der Waals surface area contributed by atoms with Crippen LogP contribution in [0.15, 0.2) is 30.3 Å². The maximum atomic E-state index is 12.8. The number of carboxylic acids is 1. The Kier molecular flexibility index (Phi) is 5.82. The molecule has 0 aromatic heterocycles. The molecular formula is C19H26N2O4. The first-order valence-electron chi connectivity index (χ1n) is 8.55. The zero-order valence-corrected chi connectivity index (χ0v) is 15.1. The van der Waals surface area contributed by atoms with E-state index >= 15 is 0 Å².